The van der Waals surface area contributed by atoms with Crippen LogP contribution in [0.5, 0.6) is 0 Å². The summed E-state index contributed by atoms with van der Waals surface area (Å²) >= 11 is 0. The Kier molecular flexibility index (Phi) is 3.56. The van der Waals surface area contributed by atoms with Gasteiger partial charge in [-0.15, -0.1) is 0 Å². The van der Waals surface area contributed by atoms with Crippen molar-refractivity contribution in [2.75, 3.05) is 6.61 Å². The van der Waals surface area contributed by atoms with Crippen molar-refractivity contribution < 1.29 is 14.6 Å². The van der Waals surface area contributed by atoms with E-state index in [1.54, 1.807) is 0 Å². The fourth-order valence-corrected chi connectivity index (χ4v) is 3.78. The Morgan fingerprint density at radius 2 is 2.19 bits per heavy atom. The first-order valence-corrected chi connectivity index (χ1v) is 7.92. The number of hydrogen-bond acceptors (Lipinski definition) is 3. The molecule has 1 aliphatic heterocycles. The summed E-state index contributed by atoms with van der Waals surface area (Å²) in [6.07, 6.45) is 3.77. The van der Waals surface area contributed by atoms with Crippen LogP contribution in [0.4, 0.5) is 0 Å². The molecule has 0 aromatic heterocycles. The summed E-state index contributed by atoms with van der Waals surface area (Å²) in [4.78, 5) is 12.3. The predicted octanol–water partition coefficient (Wildman–Crippen LogP) is 3.53. The molecule has 1 unspecified atom stereocenters. The second-order valence-corrected chi connectivity index (χ2v) is 7.21. The van der Waals surface area contributed by atoms with Crippen LogP contribution in [0.2, 0.25) is 0 Å². The lowest BCUT2D eigenvalue weighted by atomic mass is 9.71. The van der Waals surface area contributed by atoms with Gasteiger partial charge in [0.25, 0.3) is 0 Å². The number of carbonyl (C=O) groups excluding carboxylic acids is 1. The molecule has 3 heteroatoms. The fourth-order valence-electron chi connectivity index (χ4n) is 3.78. The van der Waals surface area contributed by atoms with Crippen LogP contribution in [0.3, 0.4) is 0 Å². The largest absolute Gasteiger partial charge is 0.454 e. The zero-order chi connectivity index (χ0) is 15.2. The molecule has 3 nitrogen and oxygen atoms in total. The van der Waals surface area contributed by atoms with Crippen LogP contribution >= 0.6 is 0 Å². The molecule has 114 valence electrons. The first-order valence-electron chi connectivity index (χ1n) is 7.92. The maximum atomic E-state index is 12.3. The third kappa shape index (κ3) is 2.38. The van der Waals surface area contributed by atoms with E-state index in [9.17, 15) is 9.90 Å². The van der Waals surface area contributed by atoms with Crippen LogP contribution in [0.1, 0.15) is 73.2 Å². The van der Waals surface area contributed by atoms with Gasteiger partial charge in [0, 0.05) is 12.2 Å². The highest BCUT2D eigenvalue weighted by Crippen LogP contribution is 2.44. The van der Waals surface area contributed by atoms with Gasteiger partial charge >= 0.3 is 5.97 Å². The Balaban J connectivity index is 2.03. The van der Waals surface area contributed by atoms with E-state index in [0.29, 0.717) is 6.42 Å². The standard InChI is InChI=1S/C18H24O3/c1-11(10-19)9-15-13-6-7-14-12(16(13)17(20)21-15)5-4-8-18(14,2)3/h6-7,11,15,19H,4-5,8-10H2,1-3H3/t11-,15?/m1/s1. The SMILES string of the molecule is C[C@@H](CO)CC1OC(=O)c2c1ccc1c2CCCC1(C)C. The quantitative estimate of drug-likeness (QED) is 0.865. The lowest BCUT2D eigenvalue weighted by Crippen LogP contribution is -2.25. The van der Waals surface area contributed by atoms with Gasteiger partial charge in [-0.3, -0.25) is 0 Å². The van der Waals surface area contributed by atoms with Crippen LogP contribution < -0.4 is 0 Å². The van der Waals surface area contributed by atoms with Crippen molar-refractivity contribution >= 4 is 5.97 Å². The minimum atomic E-state index is -0.190. The zero-order valence-electron chi connectivity index (χ0n) is 13.1. The molecule has 2 aliphatic rings. The van der Waals surface area contributed by atoms with Gasteiger partial charge in [0.15, 0.2) is 0 Å². The Labute approximate surface area is 126 Å². The van der Waals surface area contributed by atoms with Gasteiger partial charge < -0.3 is 9.84 Å². The van der Waals surface area contributed by atoms with Crippen molar-refractivity contribution in [2.45, 2.75) is 58.0 Å². The number of benzene rings is 1. The van der Waals surface area contributed by atoms with E-state index in [-0.39, 0.29) is 30.0 Å². The Hall–Kier alpha value is -1.35. The van der Waals surface area contributed by atoms with Crippen LogP contribution in [-0.4, -0.2) is 17.7 Å². The number of fused-ring (bicyclic) bond motifs is 3. The number of carbonyl (C=O) groups is 1. The highest BCUT2D eigenvalue weighted by atomic mass is 16.5. The molecule has 0 fully saturated rings. The van der Waals surface area contributed by atoms with E-state index in [1.807, 2.05) is 6.92 Å². The summed E-state index contributed by atoms with van der Waals surface area (Å²) in [6.45, 7) is 6.61. The molecule has 1 heterocycles. The van der Waals surface area contributed by atoms with Crippen molar-refractivity contribution in [3.05, 3.63) is 34.4 Å². The van der Waals surface area contributed by atoms with E-state index < -0.39 is 0 Å². The van der Waals surface area contributed by atoms with Gasteiger partial charge in [-0.05, 0) is 48.1 Å². The molecule has 0 saturated carbocycles. The highest BCUT2D eigenvalue weighted by molar-refractivity contribution is 5.96. The third-order valence-corrected chi connectivity index (χ3v) is 5.03. The Morgan fingerprint density at radius 3 is 2.90 bits per heavy atom. The first kappa shape index (κ1) is 14.6. The third-order valence-electron chi connectivity index (χ3n) is 5.03. The smallest absolute Gasteiger partial charge is 0.339 e. The highest BCUT2D eigenvalue weighted by Gasteiger charge is 2.38. The molecule has 0 saturated heterocycles. The van der Waals surface area contributed by atoms with Crippen LogP contribution in [0.25, 0.3) is 0 Å². The summed E-state index contributed by atoms with van der Waals surface area (Å²) in [5.74, 6) is -0.0316. The molecule has 1 N–H and O–H groups in total. The topological polar surface area (TPSA) is 46.5 Å². The molecule has 2 atom stereocenters. The monoisotopic (exact) mass is 288 g/mol. The van der Waals surface area contributed by atoms with Crippen LogP contribution in [-0.2, 0) is 16.6 Å². The number of ether oxygens (including phenoxy) is 1. The molecule has 21 heavy (non-hydrogen) atoms. The van der Waals surface area contributed by atoms with Gasteiger partial charge in [0.05, 0.1) is 5.56 Å². The molecule has 1 aromatic carbocycles. The molecule has 0 spiro atoms. The molecule has 1 aromatic rings. The second kappa shape index (κ2) is 5.13. The van der Waals surface area contributed by atoms with E-state index in [4.69, 9.17) is 4.74 Å². The molecular formula is C18H24O3. The summed E-state index contributed by atoms with van der Waals surface area (Å²) < 4.78 is 5.59. The van der Waals surface area contributed by atoms with E-state index in [2.05, 4.69) is 26.0 Å². The first-order chi connectivity index (χ1) is 9.94. The average molecular weight is 288 g/mol. The van der Waals surface area contributed by atoms with Crippen molar-refractivity contribution in [3.8, 4) is 0 Å². The fraction of sp³-hybridized carbons (Fsp3) is 0.611. The summed E-state index contributed by atoms with van der Waals surface area (Å²) in [6, 6.07) is 4.26. The molecular weight excluding hydrogens is 264 g/mol. The maximum absolute atomic E-state index is 12.3. The number of cyclic esters (lactones) is 1. The Bertz CT molecular complexity index is 574. The van der Waals surface area contributed by atoms with Crippen molar-refractivity contribution in [2.24, 2.45) is 5.92 Å². The Morgan fingerprint density at radius 1 is 1.43 bits per heavy atom. The number of aliphatic hydroxyl groups excluding tert-OH is 1. The molecule has 3 rings (SSSR count). The predicted molar refractivity (Wildman–Crippen MR) is 81.4 cm³/mol. The molecule has 1 aliphatic carbocycles. The number of hydrogen-bond donors (Lipinski definition) is 1. The van der Waals surface area contributed by atoms with Crippen molar-refractivity contribution in [1.82, 2.24) is 0 Å². The van der Waals surface area contributed by atoms with E-state index in [0.717, 1.165) is 24.0 Å². The minimum Gasteiger partial charge on any atom is -0.454 e. The van der Waals surface area contributed by atoms with Gasteiger partial charge in [0.2, 0.25) is 0 Å². The van der Waals surface area contributed by atoms with Crippen LogP contribution in [0, 0.1) is 5.92 Å². The van der Waals surface area contributed by atoms with Crippen molar-refractivity contribution in [1.29, 1.82) is 0 Å². The second-order valence-electron chi connectivity index (χ2n) is 7.21. The van der Waals surface area contributed by atoms with Crippen LogP contribution in [0.15, 0.2) is 12.1 Å². The van der Waals surface area contributed by atoms with Gasteiger partial charge in [-0.2, -0.15) is 0 Å². The minimum absolute atomic E-state index is 0.126. The van der Waals surface area contributed by atoms with Gasteiger partial charge in [-0.1, -0.05) is 32.9 Å². The summed E-state index contributed by atoms with van der Waals surface area (Å²) in [5, 5.41) is 9.23. The number of esters is 1. The zero-order valence-corrected chi connectivity index (χ0v) is 13.1. The van der Waals surface area contributed by atoms with E-state index in [1.165, 1.54) is 17.5 Å². The van der Waals surface area contributed by atoms with Gasteiger partial charge in [-0.25, -0.2) is 4.79 Å². The summed E-state index contributed by atoms with van der Waals surface area (Å²) in [7, 11) is 0. The average Bonchev–Trinajstić information content (AvgIpc) is 2.75. The normalized spacial score (nSPS) is 24.2. The molecule has 0 amide bonds. The van der Waals surface area contributed by atoms with Crippen molar-refractivity contribution in [3.63, 3.8) is 0 Å². The van der Waals surface area contributed by atoms with Gasteiger partial charge in [0.1, 0.15) is 6.10 Å². The maximum Gasteiger partial charge on any atom is 0.339 e. The van der Waals surface area contributed by atoms with E-state index >= 15 is 0 Å². The molecule has 0 bridgehead atoms. The molecule has 0 radical (unpaired) electrons. The lowest BCUT2D eigenvalue weighted by Gasteiger charge is -2.33. The summed E-state index contributed by atoms with van der Waals surface area (Å²) in [5.41, 5.74) is 4.49. The number of aliphatic hydroxyl groups is 1. The number of rotatable bonds is 3. The lowest BCUT2D eigenvalue weighted by molar-refractivity contribution is 0.0312.